The van der Waals surface area contributed by atoms with Crippen molar-refractivity contribution in [3.63, 3.8) is 0 Å². The third-order valence-corrected chi connectivity index (χ3v) is 4.72. The molecular weight excluding hydrogens is 264 g/mol. The number of carbonyl (C=O) groups is 1. The summed E-state index contributed by atoms with van der Waals surface area (Å²) in [5.41, 5.74) is 8.75. The van der Waals surface area contributed by atoms with Crippen molar-refractivity contribution >= 4 is 17.3 Å². The number of rotatable bonds is 3. The molecule has 2 heterocycles. The number of hydrogen-bond donors (Lipinski definition) is 2. The van der Waals surface area contributed by atoms with Gasteiger partial charge in [0.2, 0.25) is 5.91 Å². The molecule has 1 amide bonds. The van der Waals surface area contributed by atoms with E-state index >= 15 is 0 Å². The largest absolute Gasteiger partial charge is 0.374 e. The van der Waals surface area contributed by atoms with Gasteiger partial charge in [-0.15, -0.1) is 0 Å². The Hall–Kier alpha value is -1.59. The molecule has 0 radical (unpaired) electrons. The number of hydrogen-bond acceptors (Lipinski definition) is 4. The number of carbonyl (C=O) groups excluding carboxylic acids is 1. The van der Waals surface area contributed by atoms with E-state index in [9.17, 15) is 4.79 Å². The maximum atomic E-state index is 11.6. The minimum atomic E-state index is -0.520. The first-order valence-electron chi connectivity index (χ1n) is 7.64. The lowest BCUT2D eigenvalue weighted by Gasteiger charge is -2.32. The van der Waals surface area contributed by atoms with E-state index in [4.69, 9.17) is 5.73 Å². The summed E-state index contributed by atoms with van der Waals surface area (Å²) in [5.74, 6) is 0.636. The predicted molar refractivity (Wildman–Crippen MR) is 85.5 cm³/mol. The van der Waals surface area contributed by atoms with Gasteiger partial charge in [0.05, 0.1) is 0 Å². The first-order chi connectivity index (χ1) is 10.0. The zero-order valence-corrected chi connectivity index (χ0v) is 12.8. The molecular formula is C16H24N4O. The Bertz CT molecular complexity index is 537. The molecule has 1 unspecified atom stereocenters. The van der Waals surface area contributed by atoms with Gasteiger partial charge >= 0.3 is 0 Å². The molecule has 114 valence electrons. The van der Waals surface area contributed by atoms with Gasteiger partial charge < -0.3 is 20.9 Å². The lowest BCUT2D eigenvalue weighted by atomic mass is 9.96. The summed E-state index contributed by atoms with van der Waals surface area (Å²) in [6.07, 6.45) is 2.51. The Morgan fingerprint density at radius 1 is 1.38 bits per heavy atom. The first-order valence-corrected chi connectivity index (χ1v) is 7.64. The second-order valence-electron chi connectivity index (χ2n) is 6.37. The Labute approximate surface area is 126 Å². The van der Waals surface area contributed by atoms with Crippen LogP contribution in [0.25, 0.3) is 0 Å². The summed E-state index contributed by atoms with van der Waals surface area (Å²) in [5, 5.41) is 2.85. The molecule has 2 aliphatic heterocycles. The van der Waals surface area contributed by atoms with Gasteiger partial charge in [-0.2, -0.15) is 0 Å². The molecule has 0 bridgehead atoms. The second kappa shape index (κ2) is 5.66. The molecule has 0 aromatic heterocycles. The molecule has 1 atom stereocenters. The van der Waals surface area contributed by atoms with Crippen LogP contribution in [0.4, 0.5) is 11.4 Å². The van der Waals surface area contributed by atoms with E-state index in [0.29, 0.717) is 0 Å². The van der Waals surface area contributed by atoms with Crippen molar-refractivity contribution < 1.29 is 4.79 Å². The molecule has 5 heteroatoms. The number of nitrogens with one attached hydrogen (secondary N) is 1. The van der Waals surface area contributed by atoms with Crippen LogP contribution < -0.4 is 16.0 Å². The molecule has 1 fully saturated rings. The minimum Gasteiger partial charge on any atom is -0.374 e. The second-order valence-corrected chi connectivity index (χ2v) is 6.37. The summed E-state index contributed by atoms with van der Waals surface area (Å²) in [6.45, 7) is 3.44. The quantitative estimate of drug-likeness (QED) is 0.883. The Morgan fingerprint density at radius 2 is 2.10 bits per heavy atom. The average molecular weight is 288 g/mol. The molecule has 3 N–H and O–H groups in total. The van der Waals surface area contributed by atoms with E-state index in [-0.39, 0.29) is 5.91 Å². The zero-order valence-electron chi connectivity index (χ0n) is 12.8. The van der Waals surface area contributed by atoms with Crippen molar-refractivity contribution in [3.05, 3.63) is 23.8 Å². The summed E-state index contributed by atoms with van der Waals surface area (Å²) in [7, 11) is 4.31. The van der Waals surface area contributed by atoms with Gasteiger partial charge in [-0.05, 0) is 51.0 Å². The number of piperidine rings is 1. The number of amides is 1. The Morgan fingerprint density at radius 3 is 2.81 bits per heavy atom. The fourth-order valence-corrected chi connectivity index (χ4v) is 3.25. The molecule has 0 saturated carbocycles. The van der Waals surface area contributed by atoms with Gasteiger partial charge in [-0.25, -0.2) is 0 Å². The van der Waals surface area contributed by atoms with Crippen molar-refractivity contribution in [3.8, 4) is 0 Å². The third-order valence-electron chi connectivity index (χ3n) is 4.72. The normalized spacial score (nSPS) is 23.0. The van der Waals surface area contributed by atoms with E-state index in [0.717, 1.165) is 29.4 Å². The van der Waals surface area contributed by atoms with Gasteiger partial charge in [0.15, 0.2) is 0 Å². The van der Waals surface area contributed by atoms with Crippen molar-refractivity contribution in [1.82, 2.24) is 4.90 Å². The number of likely N-dealkylation sites (tertiary alicyclic amines) is 1. The fourth-order valence-electron chi connectivity index (χ4n) is 3.25. The molecule has 0 aliphatic carbocycles. The van der Waals surface area contributed by atoms with Crippen molar-refractivity contribution in [2.75, 3.05) is 43.9 Å². The highest BCUT2D eigenvalue weighted by Crippen LogP contribution is 2.33. The van der Waals surface area contributed by atoms with Crippen molar-refractivity contribution in [2.24, 2.45) is 11.7 Å². The number of anilines is 2. The summed E-state index contributed by atoms with van der Waals surface area (Å²) >= 11 is 0. The summed E-state index contributed by atoms with van der Waals surface area (Å²) in [4.78, 5) is 16.3. The third kappa shape index (κ3) is 2.89. The number of nitrogens with two attached hydrogens (primary N) is 1. The van der Waals surface area contributed by atoms with Crippen LogP contribution in [0.3, 0.4) is 0 Å². The Balaban J connectivity index is 1.67. The number of benzene rings is 1. The molecule has 2 aliphatic rings. The summed E-state index contributed by atoms with van der Waals surface area (Å²) < 4.78 is 0. The molecule has 1 aromatic carbocycles. The van der Waals surface area contributed by atoms with Crippen LogP contribution in [0, 0.1) is 5.92 Å². The molecule has 1 saturated heterocycles. The average Bonchev–Trinajstić information content (AvgIpc) is 2.76. The van der Waals surface area contributed by atoms with E-state index in [1.165, 1.54) is 25.9 Å². The lowest BCUT2D eigenvalue weighted by Crippen LogP contribution is -2.35. The SMILES string of the molecule is CN1CCC(CN(C)c2ccc3c(c2)NC(=O)C3N)CC1. The maximum absolute atomic E-state index is 11.6. The smallest absolute Gasteiger partial charge is 0.245 e. The van der Waals surface area contributed by atoms with Gasteiger partial charge in [-0.3, -0.25) is 4.79 Å². The van der Waals surface area contributed by atoms with Crippen LogP contribution in [0.1, 0.15) is 24.4 Å². The molecule has 5 nitrogen and oxygen atoms in total. The van der Waals surface area contributed by atoms with E-state index in [1.807, 2.05) is 12.1 Å². The maximum Gasteiger partial charge on any atom is 0.245 e. The molecule has 3 rings (SSSR count). The van der Waals surface area contributed by atoms with Crippen LogP contribution in [-0.4, -0.2) is 44.5 Å². The highest BCUT2D eigenvalue weighted by molar-refractivity contribution is 6.02. The zero-order chi connectivity index (χ0) is 15.0. The van der Waals surface area contributed by atoms with E-state index in [2.05, 4.69) is 35.3 Å². The molecule has 1 aromatic rings. The predicted octanol–water partition coefficient (Wildman–Crippen LogP) is 1.42. The van der Waals surface area contributed by atoms with Crippen LogP contribution in [0.15, 0.2) is 18.2 Å². The van der Waals surface area contributed by atoms with Gasteiger partial charge in [0.1, 0.15) is 6.04 Å². The van der Waals surface area contributed by atoms with Crippen LogP contribution >= 0.6 is 0 Å². The minimum absolute atomic E-state index is 0.111. The lowest BCUT2D eigenvalue weighted by molar-refractivity contribution is -0.116. The van der Waals surface area contributed by atoms with Gasteiger partial charge in [-0.1, -0.05) is 6.07 Å². The highest BCUT2D eigenvalue weighted by atomic mass is 16.2. The highest BCUT2D eigenvalue weighted by Gasteiger charge is 2.27. The van der Waals surface area contributed by atoms with E-state index in [1.54, 1.807) is 0 Å². The van der Waals surface area contributed by atoms with Gasteiger partial charge in [0, 0.05) is 30.5 Å². The van der Waals surface area contributed by atoms with Crippen molar-refractivity contribution in [2.45, 2.75) is 18.9 Å². The Kier molecular flexibility index (Phi) is 3.87. The first kappa shape index (κ1) is 14.4. The number of fused-ring (bicyclic) bond motifs is 1. The van der Waals surface area contributed by atoms with E-state index < -0.39 is 6.04 Å². The molecule has 0 spiro atoms. The van der Waals surface area contributed by atoms with Crippen LogP contribution in [0.5, 0.6) is 0 Å². The van der Waals surface area contributed by atoms with Crippen LogP contribution in [-0.2, 0) is 4.79 Å². The fraction of sp³-hybridized carbons (Fsp3) is 0.562. The molecule has 21 heavy (non-hydrogen) atoms. The number of nitrogens with zero attached hydrogens (tertiary/aromatic N) is 2. The van der Waals surface area contributed by atoms with Crippen molar-refractivity contribution in [1.29, 1.82) is 0 Å². The standard InChI is InChI=1S/C16H24N4O/c1-19-7-5-11(6-8-19)10-20(2)12-3-4-13-14(9-12)18-16(21)15(13)17/h3-4,9,11,15H,5-8,10,17H2,1-2H3,(H,18,21). The van der Waals surface area contributed by atoms with Crippen LogP contribution in [0.2, 0.25) is 0 Å². The van der Waals surface area contributed by atoms with Gasteiger partial charge in [0.25, 0.3) is 0 Å². The topological polar surface area (TPSA) is 61.6 Å². The monoisotopic (exact) mass is 288 g/mol. The summed E-state index contributed by atoms with van der Waals surface area (Å²) in [6, 6.07) is 5.55.